The van der Waals surface area contributed by atoms with Gasteiger partial charge in [-0.1, -0.05) is 15.9 Å². The highest BCUT2D eigenvalue weighted by atomic mass is 79.9. The molecule has 1 amide bonds. The molecule has 0 fully saturated rings. The molecule has 1 unspecified atom stereocenters. The monoisotopic (exact) mass is 275 g/mol. The van der Waals surface area contributed by atoms with Crippen molar-refractivity contribution in [1.82, 2.24) is 5.32 Å². The zero-order valence-corrected chi connectivity index (χ0v) is 10.7. The number of rotatable bonds is 4. The van der Waals surface area contributed by atoms with Crippen LogP contribution in [0, 0.1) is 6.92 Å². The van der Waals surface area contributed by atoms with Crippen molar-refractivity contribution in [2.75, 3.05) is 5.33 Å². The van der Waals surface area contributed by atoms with Gasteiger partial charge in [0.05, 0.1) is 4.88 Å². The molecule has 1 aromatic heterocycles. The Balaban J connectivity index is 2.55. The smallest absolute Gasteiger partial charge is 0.261 e. The first-order chi connectivity index (χ1) is 6.65. The molecule has 0 aromatic carbocycles. The Labute approximate surface area is 96.8 Å². The minimum atomic E-state index is 0.0472. The third-order valence-corrected chi connectivity index (χ3v) is 3.46. The molecule has 0 spiro atoms. The minimum Gasteiger partial charge on any atom is -0.349 e. The van der Waals surface area contributed by atoms with Crippen LogP contribution in [0.2, 0.25) is 0 Å². The van der Waals surface area contributed by atoms with E-state index in [1.807, 2.05) is 25.3 Å². The Morgan fingerprint density at radius 1 is 1.71 bits per heavy atom. The number of carbonyl (C=O) groups excluding carboxylic acids is 1. The summed E-state index contributed by atoms with van der Waals surface area (Å²) < 4.78 is 0. The lowest BCUT2D eigenvalue weighted by atomic mass is 10.2. The highest BCUT2D eigenvalue weighted by molar-refractivity contribution is 9.09. The van der Waals surface area contributed by atoms with E-state index in [9.17, 15) is 4.79 Å². The molecule has 0 aliphatic heterocycles. The van der Waals surface area contributed by atoms with E-state index in [4.69, 9.17) is 0 Å². The van der Waals surface area contributed by atoms with E-state index in [2.05, 4.69) is 21.2 Å². The highest BCUT2D eigenvalue weighted by Gasteiger charge is 2.12. The van der Waals surface area contributed by atoms with Crippen molar-refractivity contribution in [2.24, 2.45) is 0 Å². The van der Waals surface area contributed by atoms with Crippen LogP contribution in [0.15, 0.2) is 11.4 Å². The minimum absolute atomic E-state index is 0.0472. The number of aryl methyl sites for hydroxylation is 1. The summed E-state index contributed by atoms with van der Waals surface area (Å²) >= 11 is 4.85. The fraction of sp³-hybridized carbons (Fsp3) is 0.500. The maximum Gasteiger partial charge on any atom is 0.261 e. The lowest BCUT2D eigenvalue weighted by Gasteiger charge is -2.11. The molecule has 4 heteroatoms. The molecule has 0 radical (unpaired) electrons. The standard InChI is InChI=1S/C10H14BrNOS/c1-7-4-6-14-9(7)10(13)12-8(2)3-5-11/h4,6,8H,3,5H2,1-2H3,(H,12,13). The van der Waals surface area contributed by atoms with Crippen LogP contribution < -0.4 is 5.32 Å². The number of hydrogen-bond donors (Lipinski definition) is 1. The topological polar surface area (TPSA) is 29.1 Å². The van der Waals surface area contributed by atoms with E-state index in [-0.39, 0.29) is 11.9 Å². The second-order valence-corrected chi connectivity index (χ2v) is 4.99. The molecule has 1 heterocycles. The molecule has 1 rings (SSSR count). The summed E-state index contributed by atoms with van der Waals surface area (Å²) in [5.41, 5.74) is 1.05. The first-order valence-electron chi connectivity index (χ1n) is 4.56. The van der Waals surface area contributed by atoms with E-state index < -0.39 is 0 Å². The summed E-state index contributed by atoms with van der Waals surface area (Å²) in [5, 5.41) is 5.82. The van der Waals surface area contributed by atoms with Crippen molar-refractivity contribution < 1.29 is 4.79 Å². The first kappa shape index (κ1) is 11.7. The van der Waals surface area contributed by atoms with Gasteiger partial charge in [0.15, 0.2) is 0 Å². The summed E-state index contributed by atoms with van der Waals surface area (Å²) in [6.07, 6.45) is 0.955. The SMILES string of the molecule is Cc1ccsc1C(=O)NC(C)CCBr. The molecule has 0 bridgehead atoms. The summed E-state index contributed by atoms with van der Waals surface area (Å²) in [5.74, 6) is 0.0472. The predicted molar refractivity (Wildman–Crippen MR) is 64.4 cm³/mol. The quantitative estimate of drug-likeness (QED) is 0.842. The molecular weight excluding hydrogens is 262 g/mol. The summed E-state index contributed by atoms with van der Waals surface area (Å²) in [4.78, 5) is 12.5. The van der Waals surface area contributed by atoms with Gasteiger partial charge in [-0.15, -0.1) is 11.3 Å². The number of nitrogens with one attached hydrogen (secondary N) is 1. The fourth-order valence-electron chi connectivity index (χ4n) is 1.13. The van der Waals surface area contributed by atoms with Crippen molar-refractivity contribution in [3.63, 3.8) is 0 Å². The zero-order valence-electron chi connectivity index (χ0n) is 8.34. The van der Waals surface area contributed by atoms with Gasteiger partial charge in [-0.2, -0.15) is 0 Å². The van der Waals surface area contributed by atoms with Gasteiger partial charge in [0.1, 0.15) is 0 Å². The van der Waals surface area contributed by atoms with Crippen molar-refractivity contribution in [3.8, 4) is 0 Å². The van der Waals surface area contributed by atoms with Crippen LogP contribution in [0.5, 0.6) is 0 Å². The van der Waals surface area contributed by atoms with Crippen molar-refractivity contribution in [3.05, 3.63) is 21.9 Å². The van der Waals surface area contributed by atoms with Crippen LogP contribution in [0.4, 0.5) is 0 Å². The summed E-state index contributed by atoms with van der Waals surface area (Å²) in [6, 6.07) is 2.19. The van der Waals surface area contributed by atoms with E-state index in [1.54, 1.807) is 0 Å². The maximum absolute atomic E-state index is 11.7. The number of halogens is 1. The van der Waals surface area contributed by atoms with Crippen LogP contribution in [0.1, 0.15) is 28.6 Å². The van der Waals surface area contributed by atoms with Crippen LogP contribution >= 0.6 is 27.3 Å². The number of carbonyl (C=O) groups is 1. The normalized spacial score (nSPS) is 12.5. The third-order valence-electron chi connectivity index (χ3n) is 1.99. The second-order valence-electron chi connectivity index (χ2n) is 3.28. The fourth-order valence-corrected chi connectivity index (χ4v) is 2.65. The van der Waals surface area contributed by atoms with Gasteiger partial charge < -0.3 is 5.32 Å². The van der Waals surface area contributed by atoms with Gasteiger partial charge in [-0.05, 0) is 37.3 Å². The summed E-state index contributed by atoms with van der Waals surface area (Å²) in [6.45, 7) is 3.97. The van der Waals surface area contributed by atoms with Gasteiger partial charge in [-0.3, -0.25) is 4.79 Å². The Kier molecular flexibility index (Phi) is 4.62. The van der Waals surface area contributed by atoms with Gasteiger partial charge >= 0.3 is 0 Å². The first-order valence-corrected chi connectivity index (χ1v) is 6.56. The summed E-state index contributed by atoms with van der Waals surface area (Å²) in [7, 11) is 0. The van der Waals surface area contributed by atoms with Crippen LogP contribution in [0.25, 0.3) is 0 Å². The average Bonchev–Trinajstić information content (AvgIpc) is 2.51. The molecule has 1 N–H and O–H groups in total. The largest absolute Gasteiger partial charge is 0.349 e. The zero-order chi connectivity index (χ0) is 10.6. The van der Waals surface area contributed by atoms with Crippen molar-refractivity contribution in [1.29, 1.82) is 0 Å². The Hall–Kier alpha value is -0.350. The molecule has 14 heavy (non-hydrogen) atoms. The van der Waals surface area contributed by atoms with Crippen molar-refractivity contribution in [2.45, 2.75) is 26.3 Å². The van der Waals surface area contributed by atoms with Gasteiger partial charge in [-0.25, -0.2) is 0 Å². The second kappa shape index (κ2) is 5.51. The number of hydrogen-bond acceptors (Lipinski definition) is 2. The predicted octanol–water partition coefficient (Wildman–Crippen LogP) is 2.96. The van der Waals surface area contributed by atoms with E-state index in [0.717, 1.165) is 22.2 Å². The molecule has 0 saturated carbocycles. The molecule has 0 aliphatic carbocycles. The molecule has 0 saturated heterocycles. The van der Waals surface area contributed by atoms with Crippen LogP contribution in [-0.4, -0.2) is 17.3 Å². The van der Waals surface area contributed by atoms with Gasteiger partial charge in [0, 0.05) is 11.4 Å². The van der Waals surface area contributed by atoms with Gasteiger partial charge in [0.25, 0.3) is 5.91 Å². The average molecular weight is 276 g/mol. The molecular formula is C10H14BrNOS. The van der Waals surface area contributed by atoms with E-state index >= 15 is 0 Å². The Bertz CT molecular complexity index is 311. The molecule has 1 atom stereocenters. The lowest BCUT2D eigenvalue weighted by molar-refractivity contribution is 0.0943. The van der Waals surface area contributed by atoms with E-state index in [0.29, 0.717) is 0 Å². The maximum atomic E-state index is 11.7. The van der Waals surface area contributed by atoms with Gasteiger partial charge in [0.2, 0.25) is 0 Å². The molecule has 2 nitrogen and oxygen atoms in total. The lowest BCUT2D eigenvalue weighted by Crippen LogP contribution is -2.32. The van der Waals surface area contributed by atoms with Crippen LogP contribution in [-0.2, 0) is 0 Å². The molecule has 0 aliphatic rings. The number of amides is 1. The van der Waals surface area contributed by atoms with Crippen LogP contribution in [0.3, 0.4) is 0 Å². The highest BCUT2D eigenvalue weighted by Crippen LogP contribution is 2.15. The molecule has 78 valence electrons. The Morgan fingerprint density at radius 3 is 2.93 bits per heavy atom. The number of thiophene rings is 1. The number of alkyl halides is 1. The third kappa shape index (κ3) is 3.10. The van der Waals surface area contributed by atoms with E-state index in [1.165, 1.54) is 11.3 Å². The Morgan fingerprint density at radius 2 is 2.43 bits per heavy atom. The molecule has 1 aromatic rings. The van der Waals surface area contributed by atoms with Crippen molar-refractivity contribution >= 4 is 33.2 Å².